The lowest BCUT2D eigenvalue weighted by molar-refractivity contribution is 0.696. The minimum Gasteiger partial charge on any atom is -0.313 e. The highest BCUT2D eigenvalue weighted by molar-refractivity contribution is 6.29. The molecule has 2 heteroatoms. The van der Waals surface area contributed by atoms with E-state index in [0.717, 1.165) is 17.8 Å². The highest BCUT2D eigenvalue weighted by atomic mass is 15.2. The van der Waals surface area contributed by atoms with Crippen LogP contribution in [0.15, 0.2) is 248 Å². The molecule has 0 radical (unpaired) electrons. The molecule has 1 aliphatic rings. The summed E-state index contributed by atoms with van der Waals surface area (Å²) in [5.41, 5.74) is 19.3. The molecule has 0 N–H and O–H groups in total. The first-order valence-electron chi connectivity index (χ1n) is 26.1. The molecule has 2 nitrogen and oxygen atoms in total. The van der Waals surface area contributed by atoms with Gasteiger partial charge in [-0.3, -0.25) is 0 Å². The number of allylic oxidation sites excluding steroid dienone is 4. The standard InChI is InChI=1S/C71H60N2/c1-47(2)62-45-68(72(56-31-19-10-20-32-56)66-40-34-54(50-23-11-6-12-24-50)43-64(66)52-27-15-8-16-28-52)60-38-36-59-63(48(3)4)46-69(61-39-37-58(62)70(60)71(59)61)73(57-33-21-22-49(5)42-57)67-41-35-55(51-25-13-7-14-26-51)44-65(67)53-29-17-9-18-30-53/h6-41,43-49H,42H2,1-5H3/t49-/m1/s1. The molecule has 0 spiro atoms. The van der Waals surface area contributed by atoms with Crippen LogP contribution in [0.3, 0.4) is 0 Å². The number of para-hydroxylation sites is 1. The molecule has 0 unspecified atom stereocenters. The smallest absolute Gasteiger partial charge is 0.0543 e. The van der Waals surface area contributed by atoms with Gasteiger partial charge in [-0.2, -0.15) is 0 Å². The molecule has 0 bridgehead atoms. The van der Waals surface area contributed by atoms with Crippen molar-refractivity contribution < 1.29 is 0 Å². The fraction of sp³-hybridized carbons (Fsp3) is 0.127. The molecule has 0 amide bonds. The first-order valence-corrected chi connectivity index (χ1v) is 26.1. The maximum atomic E-state index is 2.62. The highest BCUT2D eigenvalue weighted by Gasteiger charge is 2.29. The summed E-state index contributed by atoms with van der Waals surface area (Å²) in [6.07, 6.45) is 7.89. The van der Waals surface area contributed by atoms with Gasteiger partial charge < -0.3 is 9.80 Å². The minimum absolute atomic E-state index is 0.257. The van der Waals surface area contributed by atoms with Crippen LogP contribution >= 0.6 is 0 Å². The Bertz CT molecular complexity index is 3820. The summed E-state index contributed by atoms with van der Waals surface area (Å²) in [5, 5.41) is 7.75. The molecule has 73 heavy (non-hydrogen) atoms. The van der Waals surface area contributed by atoms with E-state index in [2.05, 4.69) is 287 Å². The van der Waals surface area contributed by atoms with Gasteiger partial charge in [0.15, 0.2) is 0 Å². The Labute approximate surface area is 431 Å². The highest BCUT2D eigenvalue weighted by Crippen LogP contribution is 2.53. The Balaban J connectivity index is 1.17. The van der Waals surface area contributed by atoms with Crippen molar-refractivity contribution in [2.75, 3.05) is 9.80 Å². The second kappa shape index (κ2) is 19.3. The van der Waals surface area contributed by atoms with Gasteiger partial charge in [-0.1, -0.05) is 223 Å². The zero-order chi connectivity index (χ0) is 49.6. The maximum absolute atomic E-state index is 2.62. The average molecular weight is 941 g/mol. The number of nitrogens with zero attached hydrogens (tertiary/aromatic N) is 2. The maximum Gasteiger partial charge on any atom is 0.0543 e. The van der Waals surface area contributed by atoms with Crippen LogP contribution in [0, 0.1) is 5.92 Å². The van der Waals surface area contributed by atoms with E-state index in [0.29, 0.717) is 5.92 Å². The lowest BCUT2D eigenvalue weighted by Gasteiger charge is -2.35. The summed E-state index contributed by atoms with van der Waals surface area (Å²) >= 11 is 0. The summed E-state index contributed by atoms with van der Waals surface area (Å²) in [6, 6.07) is 83.3. The summed E-state index contributed by atoms with van der Waals surface area (Å²) in [6.45, 7) is 11.8. The van der Waals surface area contributed by atoms with Crippen LogP contribution in [0.2, 0.25) is 0 Å². The number of anilines is 5. The van der Waals surface area contributed by atoms with E-state index in [-0.39, 0.29) is 11.8 Å². The Morgan fingerprint density at radius 1 is 0.370 bits per heavy atom. The van der Waals surface area contributed by atoms with Crippen LogP contribution in [-0.4, -0.2) is 0 Å². The fourth-order valence-corrected chi connectivity index (χ4v) is 11.5. The number of hydrogen-bond acceptors (Lipinski definition) is 2. The van der Waals surface area contributed by atoms with E-state index in [4.69, 9.17) is 0 Å². The van der Waals surface area contributed by atoms with Crippen molar-refractivity contribution in [1.82, 2.24) is 0 Å². The molecule has 354 valence electrons. The molecule has 0 aromatic heterocycles. The summed E-state index contributed by atoms with van der Waals surface area (Å²) < 4.78 is 0. The minimum atomic E-state index is 0.257. The van der Waals surface area contributed by atoms with E-state index in [1.54, 1.807) is 0 Å². The molecule has 11 aromatic carbocycles. The first-order chi connectivity index (χ1) is 35.8. The number of rotatable bonds is 12. The van der Waals surface area contributed by atoms with Crippen molar-refractivity contribution in [2.24, 2.45) is 5.92 Å². The van der Waals surface area contributed by atoms with Gasteiger partial charge in [0.2, 0.25) is 0 Å². The molecular formula is C71H60N2. The van der Waals surface area contributed by atoms with E-state index < -0.39 is 0 Å². The SMILES string of the molecule is CC(C)c1cc(N(C2=CC=C[C@@H](C)C2)c2ccc(-c3ccccc3)cc2-c2ccccc2)c2ccc3c(C(C)C)cc(N(c4ccccc4)c4ccc(-c5ccccc5)cc4-c4ccccc4)c4ccc1c2c34. The molecule has 1 aliphatic carbocycles. The van der Waals surface area contributed by atoms with Crippen molar-refractivity contribution in [3.63, 3.8) is 0 Å². The second-order valence-corrected chi connectivity index (χ2v) is 20.5. The van der Waals surface area contributed by atoms with E-state index in [9.17, 15) is 0 Å². The Hall–Kier alpha value is -8.46. The Morgan fingerprint density at radius 3 is 1.21 bits per heavy atom. The van der Waals surface area contributed by atoms with Crippen LogP contribution in [0.1, 0.15) is 64.0 Å². The fourth-order valence-electron chi connectivity index (χ4n) is 11.5. The van der Waals surface area contributed by atoms with Crippen LogP contribution in [0.25, 0.3) is 76.8 Å². The van der Waals surface area contributed by atoms with Gasteiger partial charge in [-0.05, 0) is 145 Å². The van der Waals surface area contributed by atoms with Crippen LogP contribution < -0.4 is 9.80 Å². The lowest BCUT2D eigenvalue weighted by atomic mass is 9.83. The molecular weight excluding hydrogens is 881 g/mol. The molecule has 0 heterocycles. The van der Waals surface area contributed by atoms with Crippen molar-refractivity contribution >= 4 is 60.8 Å². The first kappa shape index (κ1) is 45.7. The van der Waals surface area contributed by atoms with Gasteiger partial charge in [0.1, 0.15) is 0 Å². The molecule has 0 saturated heterocycles. The van der Waals surface area contributed by atoms with Crippen LogP contribution in [0.4, 0.5) is 28.4 Å². The summed E-state index contributed by atoms with van der Waals surface area (Å²) in [7, 11) is 0. The topological polar surface area (TPSA) is 6.48 Å². The zero-order valence-electron chi connectivity index (χ0n) is 42.4. The third-order valence-electron chi connectivity index (χ3n) is 15.1. The molecule has 11 aromatic rings. The Kier molecular flexibility index (Phi) is 12.1. The van der Waals surface area contributed by atoms with Crippen molar-refractivity contribution in [1.29, 1.82) is 0 Å². The lowest BCUT2D eigenvalue weighted by Crippen LogP contribution is -2.21. The largest absolute Gasteiger partial charge is 0.313 e. The van der Waals surface area contributed by atoms with E-state index in [1.807, 2.05) is 0 Å². The monoisotopic (exact) mass is 940 g/mol. The third-order valence-corrected chi connectivity index (χ3v) is 15.1. The average Bonchev–Trinajstić information content (AvgIpc) is 3.44. The van der Waals surface area contributed by atoms with Gasteiger partial charge in [0, 0.05) is 33.3 Å². The molecule has 1 atom stereocenters. The van der Waals surface area contributed by atoms with Gasteiger partial charge >= 0.3 is 0 Å². The van der Waals surface area contributed by atoms with E-state index in [1.165, 1.54) is 111 Å². The molecule has 12 rings (SSSR count). The predicted molar refractivity (Wildman–Crippen MR) is 314 cm³/mol. The third kappa shape index (κ3) is 8.37. The van der Waals surface area contributed by atoms with Crippen LogP contribution in [0.5, 0.6) is 0 Å². The van der Waals surface area contributed by atoms with Crippen LogP contribution in [-0.2, 0) is 0 Å². The van der Waals surface area contributed by atoms with E-state index >= 15 is 0 Å². The predicted octanol–water partition coefficient (Wildman–Crippen LogP) is 20.6. The molecule has 0 saturated carbocycles. The summed E-state index contributed by atoms with van der Waals surface area (Å²) in [4.78, 5) is 5.16. The second-order valence-electron chi connectivity index (χ2n) is 20.5. The Morgan fingerprint density at radius 2 is 0.767 bits per heavy atom. The van der Waals surface area contributed by atoms with Gasteiger partial charge in [0.05, 0.1) is 22.7 Å². The zero-order valence-corrected chi connectivity index (χ0v) is 42.4. The number of benzene rings is 11. The summed E-state index contributed by atoms with van der Waals surface area (Å²) in [5.74, 6) is 0.908. The van der Waals surface area contributed by atoms with Gasteiger partial charge in [-0.25, -0.2) is 0 Å². The van der Waals surface area contributed by atoms with Gasteiger partial charge in [-0.15, -0.1) is 0 Å². The molecule has 0 aliphatic heterocycles. The molecule has 0 fully saturated rings. The van der Waals surface area contributed by atoms with Crippen molar-refractivity contribution in [3.8, 4) is 44.5 Å². The normalized spacial score (nSPS) is 13.6. The van der Waals surface area contributed by atoms with Gasteiger partial charge in [0.25, 0.3) is 0 Å². The van der Waals surface area contributed by atoms with Crippen molar-refractivity contribution in [2.45, 2.75) is 52.9 Å². The number of hydrogen-bond donors (Lipinski definition) is 0. The van der Waals surface area contributed by atoms with Crippen molar-refractivity contribution in [3.05, 3.63) is 260 Å². The quantitative estimate of drug-likeness (QED) is 0.113.